The summed E-state index contributed by atoms with van der Waals surface area (Å²) in [6, 6.07) is 9.80. The Morgan fingerprint density at radius 2 is 1.96 bits per heavy atom. The van der Waals surface area contributed by atoms with E-state index >= 15 is 0 Å². The number of carbonyl (C=O) groups excluding carboxylic acids is 1. The molecule has 142 valence electrons. The summed E-state index contributed by atoms with van der Waals surface area (Å²) in [4.78, 5) is 19.1. The summed E-state index contributed by atoms with van der Waals surface area (Å²) >= 11 is 0. The fourth-order valence-corrected chi connectivity index (χ4v) is 3.37. The van der Waals surface area contributed by atoms with Gasteiger partial charge >= 0.3 is 0 Å². The number of aliphatic hydroxyl groups is 1. The van der Waals surface area contributed by atoms with Crippen molar-refractivity contribution in [1.29, 1.82) is 0 Å². The van der Waals surface area contributed by atoms with Crippen LogP contribution in [0, 0.1) is 0 Å². The molecular formula is C23H28N2O2. The summed E-state index contributed by atoms with van der Waals surface area (Å²) in [6.45, 7) is 6.35. The van der Waals surface area contributed by atoms with E-state index < -0.39 is 5.60 Å². The van der Waals surface area contributed by atoms with E-state index in [1.165, 1.54) is 0 Å². The third-order valence-corrected chi connectivity index (χ3v) is 5.08. The number of unbranched alkanes of at least 4 members (excludes halogenated alkanes) is 1. The number of nitrogens with zero attached hydrogens (tertiary/aromatic N) is 2. The first-order valence-electron chi connectivity index (χ1n) is 9.66. The van der Waals surface area contributed by atoms with E-state index in [1.54, 1.807) is 26.2 Å². The van der Waals surface area contributed by atoms with Gasteiger partial charge in [0, 0.05) is 35.6 Å². The second kappa shape index (κ2) is 8.05. The number of amides is 1. The van der Waals surface area contributed by atoms with Crippen LogP contribution in [-0.4, -0.2) is 33.5 Å². The molecule has 1 amide bonds. The number of hydrogen-bond acceptors (Lipinski definition) is 3. The molecule has 0 spiro atoms. The molecular weight excluding hydrogens is 336 g/mol. The average molecular weight is 364 g/mol. The molecule has 4 heteroatoms. The maximum absolute atomic E-state index is 12.9. The van der Waals surface area contributed by atoms with Crippen LogP contribution in [-0.2, 0) is 5.60 Å². The van der Waals surface area contributed by atoms with Crippen LogP contribution < -0.4 is 0 Å². The largest absolute Gasteiger partial charge is 0.386 e. The Hall–Kier alpha value is -2.46. The first-order chi connectivity index (χ1) is 12.9. The molecule has 0 bridgehead atoms. The zero-order chi connectivity index (χ0) is 19.4. The molecule has 1 atom stereocenters. The van der Waals surface area contributed by atoms with Crippen LogP contribution in [0.4, 0.5) is 0 Å². The van der Waals surface area contributed by atoms with Crippen molar-refractivity contribution in [2.24, 2.45) is 0 Å². The van der Waals surface area contributed by atoms with Crippen LogP contribution >= 0.6 is 0 Å². The minimum Gasteiger partial charge on any atom is -0.386 e. The number of pyridine rings is 1. The summed E-state index contributed by atoms with van der Waals surface area (Å²) in [5.41, 5.74) is 2.44. The van der Waals surface area contributed by atoms with E-state index in [0.29, 0.717) is 12.1 Å². The highest BCUT2D eigenvalue weighted by atomic mass is 16.3. The minimum atomic E-state index is -0.935. The first kappa shape index (κ1) is 19.3. The van der Waals surface area contributed by atoms with Gasteiger partial charge in [-0.1, -0.05) is 44.1 Å². The molecule has 2 heterocycles. The second-order valence-electron chi connectivity index (χ2n) is 7.69. The van der Waals surface area contributed by atoms with Crippen LogP contribution in [0.3, 0.4) is 0 Å². The van der Waals surface area contributed by atoms with Crippen molar-refractivity contribution in [3.05, 3.63) is 66.0 Å². The third kappa shape index (κ3) is 4.45. The molecule has 1 unspecified atom stereocenters. The normalized spacial score (nSPS) is 16.7. The zero-order valence-electron chi connectivity index (χ0n) is 16.4. The number of rotatable bonds is 6. The third-order valence-electron chi connectivity index (χ3n) is 5.08. The molecule has 0 radical (unpaired) electrons. The maximum atomic E-state index is 12.9. The van der Waals surface area contributed by atoms with Crippen molar-refractivity contribution >= 4 is 5.91 Å². The van der Waals surface area contributed by atoms with E-state index in [1.807, 2.05) is 35.2 Å². The monoisotopic (exact) mass is 364 g/mol. The van der Waals surface area contributed by atoms with Gasteiger partial charge in [0.2, 0.25) is 0 Å². The minimum absolute atomic E-state index is 0.0796. The number of hydrogen-bond donors (Lipinski definition) is 1. The molecule has 1 aromatic heterocycles. The molecule has 3 rings (SSSR count). The summed E-state index contributed by atoms with van der Waals surface area (Å²) in [5.74, 6) is 0.0796. The van der Waals surface area contributed by atoms with Crippen molar-refractivity contribution < 1.29 is 9.90 Å². The molecule has 1 aliphatic rings. The van der Waals surface area contributed by atoms with Gasteiger partial charge in [0.15, 0.2) is 0 Å². The maximum Gasteiger partial charge on any atom is 0.254 e. The smallest absolute Gasteiger partial charge is 0.254 e. The average Bonchev–Trinajstić information content (AvgIpc) is 3.14. The molecule has 2 aromatic rings. The van der Waals surface area contributed by atoms with Crippen LogP contribution in [0.15, 0.2) is 54.9 Å². The lowest BCUT2D eigenvalue weighted by atomic mass is 9.96. The summed E-state index contributed by atoms with van der Waals surface area (Å²) in [7, 11) is 0. The molecule has 1 N–H and O–H groups in total. The first-order valence-corrected chi connectivity index (χ1v) is 9.66. The van der Waals surface area contributed by atoms with Gasteiger partial charge in [-0.05, 0) is 44.0 Å². The number of carbonyl (C=O) groups is 1. The number of aromatic nitrogens is 1. The molecule has 0 fully saturated rings. The van der Waals surface area contributed by atoms with Crippen molar-refractivity contribution in [1.82, 2.24) is 9.88 Å². The highest BCUT2D eigenvalue weighted by Crippen LogP contribution is 2.26. The van der Waals surface area contributed by atoms with E-state index in [2.05, 4.69) is 24.1 Å². The van der Waals surface area contributed by atoms with Crippen LogP contribution in [0.25, 0.3) is 11.1 Å². The van der Waals surface area contributed by atoms with Crippen LogP contribution in [0.5, 0.6) is 0 Å². The molecule has 0 saturated carbocycles. The van der Waals surface area contributed by atoms with E-state index in [0.717, 1.165) is 36.0 Å². The van der Waals surface area contributed by atoms with Crippen molar-refractivity contribution in [2.45, 2.75) is 51.7 Å². The fraction of sp³-hybridized carbons (Fsp3) is 0.391. The summed E-state index contributed by atoms with van der Waals surface area (Å²) in [5, 5.41) is 10.2. The Kier molecular flexibility index (Phi) is 5.76. The molecule has 1 aliphatic heterocycles. The predicted molar refractivity (Wildman–Crippen MR) is 108 cm³/mol. The summed E-state index contributed by atoms with van der Waals surface area (Å²) < 4.78 is 0. The van der Waals surface area contributed by atoms with E-state index in [4.69, 9.17) is 0 Å². The Bertz CT molecular complexity index is 819. The number of benzene rings is 1. The molecule has 1 aromatic carbocycles. The molecule has 4 nitrogen and oxygen atoms in total. The van der Waals surface area contributed by atoms with E-state index in [-0.39, 0.29) is 11.9 Å². The van der Waals surface area contributed by atoms with Gasteiger partial charge < -0.3 is 10.0 Å². The van der Waals surface area contributed by atoms with Crippen LogP contribution in [0.1, 0.15) is 56.0 Å². The lowest BCUT2D eigenvalue weighted by Crippen LogP contribution is -2.36. The van der Waals surface area contributed by atoms with Crippen molar-refractivity contribution in [3.63, 3.8) is 0 Å². The van der Waals surface area contributed by atoms with Gasteiger partial charge in [-0.15, -0.1) is 0 Å². The quantitative estimate of drug-likeness (QED) is 0.765. The molecule has 0 aliphatic carbocycles. The highest BCUT2D eigenvalue weighted by molar-refractivity contribution is 5.95. The SMILES string of the molecule is CCCCC1C=CCN1C(=O)c1ccc(-c2cncc(C(C)(C)O)c2)cc1. The topological polar surface area (TPSA) is 53.4 Å². The lowest BCUT2D eigenvalue weighted by Gasteiger charge is -2.24. The highest BCUT2D eigenvalue weighted by Gasteiger charge is 2.25. The van der Waals surface area contributed by atoms with Gasteiger partial charge in [0.1, 0.15) is 0 Å². The fourth-order valence-electron chi connectivity index (χ4n) is 3.37. The van der Waals surface area contributed by atoms with Gasteiger partial charge in [0.05, 0.1) is 11.6 Å². The Balaban J connectivity index is 1.77. The Morgan fingerprint density at radius 3 is 2.63 bits per heavy atom. The lowest BCUT2D eigenvalue weighted by molar-refractivity contribution is 0.0742. The zero-order valence-corrected chi connectivity index (χ0v) is 16.4. The Labute approximate surface area is 161 Å². The van der Waals surface area contributed by atoms with Gasteiger partial charge in [-0.3, -0.25) is 9.78 Å². The van der Waals surface area contributed by atoms with E-state index in [9.17, 15) is 9.90 Å². The van der Waals surface area contributed by atoms with Gasteiger partial charge in [-0.2, -0.15) is 0 Å². The molecule has 27 heavy (non-hydrogen) atoms. The summed E-state index contributed by atoms with van der Waals surface area (Å²) in [6.07, 6.45) is 11.0. The van der Waals surface area contributed by atoms with Crippen molar-refractivity contribution in [2.75, 3.05) is 6.54 Å². The second-order valence-corrected chi connectivity index (χ2v) is 7.69. The van der Waals surface area contributed by atoms with Crippen LogP contribution in [0.2, 0.25) is 0 Å². The van der Waals surface area contributed by atoms with Crippen molar-refractivity contribution in [3.8, 4) is 11.1 Å². The van der Waals surface area contributed by atoms with Gasteiger partial charge in [-0.25, -0.2) is 0 Å². The predicted octanol–water partition coefficient (Wildman–Crippen LogP) is 4.55. The van der Waals surface area contributed by atoms with Gasteiger partial charge in [0.25, 0.3) is 5.91 Å². The standard InChI is InChI=1S/C23H28N2O2/c1-4-5-7-21-8-6-13-25(21)22(26)18-11-9-17(10-12-18)19-14-20(16-24-15-19)23(2,3)27/h6,8-12,14-16,21,27H,4-5,7,13H2,1-3H3. The Morgan fingerprint density at radius 1 is 1.22 bits per heavy atom. The molecule has 0 saturated heterocycles.